The predicted octanol–water partition coefficient (Wildman–Crippen LogP) is 2.27. The fourth-order valence-electron chi connectivity index (χ4n) is 1.79. The van der Waals surface area contributed by atoms with Crippen molar-refractivity contribution in [1.29, 1.82) is 0 Å². The smallest absolute Gasteiger partial charge is 0.323 e. The Morgan fingerprint density at radius 3 is 2.71 bits per heavy atom. The molecule has 2 N–H and O–H groups in total. The molecule has 0 saturated carbocycles. The van der Waals surface area contributed by atoms with Crippen LogP contribution in [0.1, 0.15) is 23.5 Å². The van der Waals surface area contributed by atoms with Crippen molar-refractivity contribution in [3.8, 4) is 0 Å². The molecule has 0 aliphatic heterocycles. The molecule has 0 atom stereocenters. The normalized spacial score (nSPS) is 11.7. The molecule has 0 bridgehead atoms. The van der Waals surface area contributed by atoms with Gasteiger partial charge in [-0.2, -0.15) is 23.4 Å². The molecule has 0 fully saturated rings. The van der Waals surface area contributed by atoms with Crippen molar-refractivity contribution < 1.29 is 18.0 Å². The van der Waals surface area contributed by atoms with Crippen molar-refractivity contribution in [2.75, 3.05) is 5.32 Å². The van der Waals surface area contributed by atoms with Crippen LogP contribution in [0.3, 0.4) is 0 Å². The monoisotopic (exact) mass is 301 g/mol. The van der Waals surface area contributed by atoms with E-state index in [4.69, 9.17) is 0 Å². The number of anilines is 1. The number of halogens is 3. The zero-order valence-electron chi connectivity index (χ0n) is 11.5. The van der Waals surface area contributed by atoms with Gasteiger partial charge in [0.25, 0.3) is 0 Å². The lowest BCUT2D eigenvalue weighted by Crippen LogP contribution is -2.18. The quantitative estimate of drug-likeness (QED) is 0.909. The number of nitrogens with one attached hydrogen (secondary N) is 2. The first-order valence-electron chi connectivity index (χ1n) is 6.19. The minimum Gasteiger partial charge on any atom is -0.323 e. The maximum atomic E-state index is 12.7. The van der Waals surface area contributed by atoms with Gasteiger partial charge in [0.15, 0.2) is 5.69 Å². The van der Waals surface area contributed by atoms with E-state index in [9.17, 15) is 18.0 Å². The van der Waals surface area contributed by atoms with Crippen LogP contribution in [0.4, 0.5) is 18.9 Å². The number of hydrogen-bond donors (Lipinski definition) is 2. The number of nitrogens with zero attached hydrogens (tertiary/aromatic N) is 3. The van der Waals surface area contributed by atoms with E-state index in [-0.39, 0.29) is 24.3 Å². The molecular weight excluding hydrogens is 287 g/mol. The molecule has 1 amide bonds. The molecule has 114 valence electrons. The Balaban J connectivity index is 2.01. The van der Waals surface area contributed by atoms with Crippen LogP contribution in [0, 0.1) is 13.8 Å². The summed E-state index contributed by atoms with van der Waals surface area (Å²) in [6.07, 6.45) is -2.90. The van der Waals surface area contributed by atoms with Crippen LogP contribution in [0.2, 0.25) is 0 Å². The first-order chi connectivity index (χ1) is 9.77. The second-order valence-electron chi connectivity index (χ2n) is 4.59. The molecular formula is C12H14F3N5O. The van der Waals surface area contributed by atoms with Gasteiger partial charge < -0.3 is 5.32 Å². The van der Waals surface area contributed by atoms with E-state index in [1.807, 2.05) is 0 Å². The third kappa shape index (κ3) is 3.61. The Bertz CT molecular complexity index is 644. The zero-order chi connectivity index (χ0) is 15.6. The van der Waals surface area contributed by atoms with E-state index in [1.54, 1.807) is 23.9 Å². The van der Waals surface area contributed by atoms with Crippen LogP contribution >= 0.6 is 0 Å². The molecule has 0 aliphatic rings. The van der Waals surface area contributed by atoms with Gasteiger partial charge in [0.2, 0.25) is 5.91 Å². The molecule has 9 heteroatoms. The number of aromatic nitrogens is 4. The molecule has 2 aromatic rings. The summed E-state index contributed by atoms with van der Waals surface area (Å²) in [5.41, 5.74) is -0.488. The number of rotatable bonds is 4. The van der Waals surface area contributed by atoms with Gasteiger partial charge in [0, 0.05) is 19.2 Å². The Labute approximate surface area is 118 Å². The maximum absolute atomic E-state index is 12.7. The van der Waals surface area contributed by atoms with Gasteiger partial charge in [0.05, 0.1) is 17.1 Å². The Morgan fingerprint density at radius 2 is 2.14 bits per heavy atom. The summed E-state index contributed by atoms with van der Waals surface area (Å²) in [6.45, 7) is 3.51. The molecule has 0 spiro atoms. The summed E-state index contributed by atoms with van der Waals surface area (Å²) >= 11 is 0. The fraction of sp³-hybridized carbons (Fsp3) is 0.417. The number of aromatic amines is 1. The van der Waals surface area contributed by atoms with E-state index < -0.39 is 17.8 Å². The highest BCUT2D eigenvalue weighted by atomic mass is 19.4. The summed E-state index contributed by atoms with van der Waals surface area (Å²) in [4.78, 5) is 11.8. The van der Waals surface area contributed by atoms with Crippen LogP contribution in [0.25, 0.3) is 0 Å². The summed E-state index contributed by atoms with van der Waals surface area (Å²) < 4.78 is 39.7. The van der Waals surface area contributed by atoms with Crippen molar-refractivity contribution in [3.63, 3.8) is 0 Å². The van der Waals surface area contributed by atoms with Crippen LogP contribution in [-0.2, 0) is 17.5 Å². The summed E-state index contributed by atoms with van der Waals surface area (Å²) in [5, 5.41) is 11.7. The van der Waals surface area contributed by atoms with Gasteiger partial charge in [-0.3, -0.25) is 14.6 Å². The minimum atomic E-state index is -4.62. The van der Waals surface area contributed by atoms with Gasteiger partial charge in [-0.15, -0.1) is 0 Å². The number of hydrogen-bond acceptors (Lipinski definition) is 3. The van der Waals surface area contributed by atoms with Crippen LogP contribution in [0.15, 0.2) is 12.3 Å². The number of aryl methyl sites for hydroxylation is 3. The molecule has 0 radical (unpaired) electrons. The van der Waals surface area contributed by atoms with Crippen molar-refractivity contribution in [3.05, 3.63) is 29.3 Å². The van der Waals surface area contributed by atoms with E-state index in [1.165, 1.54) is 6.92 Å². The van der Waals surface area contributed by atoms with Crippen molar-refractivity contribution in [1.82, 2.24) is 20.0 Å². The lowest BCUT2D eigenvalue weighted by Gasteiger charge is -2.09. The SMILES string of the molecule is Cc1ccn(CCC(=O)Nc2c(C(F)(F)F)n[nH]c2C)n1. The molecule has 0 aliphatic carbocycles. The first kappa shape index (κ1) is 15.1. The van der Waals surface area contributed by atoms with Gasteiger partial charge in [0.1, 0.15) is 0 Å². The third-order valence-corrected chi connectivity index (χ3v) is 2.82. The highest BCUT2D eigenvalue weighted by Crippen LogP contribution is 2.34. The van der Waals surface area contributed by atoms with Gasteiger partial charge in [-0.25, -0.2) is 0 Å². The topological polar surface area (TPSA) is 75.6 Å². The van der Waals surface area contributed by atoms with Crippen LogP contribution in [-0.4, -0.2) is 25.9 Å². The Hall–Kier alpha value is -2.32. The van der Waals surface area contributed by atoms with E-state index in [0.717, 1.165) is 5.69 Å². The molecule has 0 saturated heterocycles. The second kappa shape index (κ2) is 5.58. The van der Waals surface area contributed by atoms with Gasteiger partial charge >= 0.3 is 6.18 Å². The number of carbonyl (C=O) groups is 1. The number of H-pyrrole nitrogens is 1. The standard InChI is InChI=1S/C12H14F3N5O/c1-7-3-5-20(19-7)6-4-9(21)16-10-8(2)17-18-11(10)12(13,14)15/h3,5H,4,6H2,1-2H3,(H,16,21)(H,17,18). The average molecular weight is 301 g/mol. The van der Waals surface area contributed by atoms with E-state index in [0.29, 0.717) is 0 Å². The van der Waals surface area contributed by atoms with Crippen molar-refractivity contribution >= 4 is 11.6 Å². The molecule has 6 nitrogen and oxygen atoms in total. The maximum Gasteiger partial charge on any atom is 0.437 e. The fourth-order valence-corrected chi connectivity index (χ4v) is 1.79. The first-order valence-corrected chi connectivity index (χ1v) is 6.19. The van der Waals surface area contributed by atoms with Crippen molar-refractivity contribution in [2.45, 2.75) is 33.0 Å². The number of carbonyl (C=O) groups excluding carboxylic acids is 1. The zero-order valence-corrected chi connectivity index (χ0v) is 11.5. The summed E-state index contributed by atoms with van der Waals surface area (Å²) in [5.74, 6) is -0.529. The third-order valence-electron chi connectivity index (χ3n) is 2.82. The molecule has 0 unspecified atom stereocenters. The predicted molar refractivity (Wildman–Crippen MR) is 68.5 cm³/mol. The van der Waals surface area contributed by atoms with Crippen molar-refractivity contribution in [2.24, 2.45) is 0 Å². The number of amides is 1. The molecule has 0 aromatic carbocycles. The minimum absolute atomic E-state index is 0.0169. The lowest BCUT2D eigenvalue weighted by molar-refractivity contribution is -0.140. The van der Waals surface area contributed by atoms with Crippen LogP contribution < -0.4 is 5.32 Å². The second-order valence-corrected chi connectivity index (χ2v) is 4.59. The largest absolute Gasteiger partial charge is 0.437 e. The highest BCUT2D eigenvalue weighted by molar-refractivity contribution is 5.91. The summed E-state index contributed by atoms with van der Waals surface area (Å²) in [6, 6.07) is 1.78. The molecule has 2 heterocycles. The summed E-state index contributed by atoms with van der Waals surface area (Å²) in [7, 11) is 0. The Kier molecular flexibility index (Phi) is 4.01. The average Bonchev–Trinajstić information content (AvgIpc) is 2.94. The van der Waals surface area contributed by atoms with Crippen LogP contribution in [0.5, 0.6) is 0 Å². The molecule has 21 heavy (non-hydrogen) atoms. The van der Waals surface area contributed by atoms with E-state index in [2.05, 4.69) is 20.6 Å². The lowest BCUT2D eigenvalue weighted by atomic mass is 10.2. The van der Waals surface area contributed by atoms with Gasteiger partial charge in [-0.1, -0.05) is 0 Å². The molecule has 2 rings (SSSR count). The Morgan fingerprint density at radius 1 is 1.43 bits per heavy atom. The molecule has 2 aromatic heterocycles. The highest BCUT2D eigenvalue weighted by Gasteiger charge is 2.38. The van der Waals surface area contributed by atoms with Gasteiger partial charge in [-0.05, 0) is 19.9 Å². The number of alkyl halides is 3. The van der Waals surface area contributed by atoms with E-state index >= 15 is 0 Å².